The Kier molecular flexibility index (Phi) is 2.74. The van der Waals surface area contributed by atoms with Crippen LogP contribution in [0.3, 0.4) is 0 Å². The van der Waals surface area contributed by atoms with Crippen LogP contribution in [-0.2, 0) is 0 Å². The van der Waals surface area contributed by atoms with Crippen LogP contribution in [-0.4, -0.2) is 16.6 Å². The fourth-order valence-electron chi connectivity index (χ4n) is 1.89. The van der Waals surface area contributed by atoms with Crippen molar-refractivity contribution in [2.45, 2.75) is 51.6 Å². The lowest BCUT2D eigenvalue weighted by Crippen LogP contribution is -2.37. The van der Waals surface area contributed by atoms with Gasteiger partial charge in [-0.3, -0.25) is 0 Å². The van der Waals surface area contributed by atoms with E-state index >= 15 is 0 Å². The second kappa shape index (κ2) is 3.30. The molecule has 0 bridgehead atoms. The molecule has 1 nitrogen and oxygen atoms in total. The van der Waals surface area contributed by atoms with Crippen molar-refractivity contribution in [2.24, 2.45) is 5.41 Å². The maximum absolute atomic E-state index is 12.8. The van der Waals surface area contributed by atoms with Gasteiger partial charge in [0.05, 0.1) is 5.60 Å². The number of hydrogen-bond acceptors (Lipinski definition) is 1. The second-order valence-corrected chi connectivity index (χ2v) is 5.44. The van der Waals surface area contributed by atoms with Gasteiger partial charge in [-0.15, -0.1) is 0 Å². The summed E-state index contributed by atoms with van der Waals surface area (Å²) in [7, 11) is 0. The summed E-state index contributed by atoms with van der Waals surface area (Å²) < 4.78 is 25.6. The van der Waals surface area contributed by atoms with Gasteiger partial charge in [0.1, 0.15) is 0 Å². The molecule has 0 amide bonds. The molecule has 0 spiro atoms. The number of alkyl halides is 2. The van der Waals surface area contributed by atoms with Crippen molar-refractivity contribution < 1.29 is 13.9 Å². The Hall–Kier alpha value is -0.440. The van der Waals surface area contributed by atoms with E-state index in [1.54, 1.807) is 0 Å². The number of rotatable bonds is 1. The Bertz CT molecular complexity index is 240. The first-order valence-electron chi connectivity index (χ1n) is 4.93. The molecule has 1 atom stereocenters. The van der Waals surface area contributed by atoms with Crippen LogP contribution < -0.4 is 0 Å². The molecule has 0 aromatic rings. The molecule has 0 saturated heterocycles. The topological polar surface area (TPSA) is 20.2 Å². The summed E-state index contributed by atoms with van der Waals surface area (Å²) in [5, 5.41) is 10.0. The minimum atomic E-state index is -2.73. The lowest BCUT2D eigenvalue weighted by atomic mass is 9.77. The quantitative estimate of drug-likeness (QED) is 0.650. The predicted octanol–water partition coefficient (Wildman–Crippen LogP) is 3.14. The summed E-state index contributed by atoms with van der Waals surface area (Å²) in [6.07, 6.45) is 2.51. The van der Waals surface area contributed by atoms with Gasteiger partial charge in [0, 0.05) is 6.42 Å². The van der Waals surface area contributed by atoms with Crippen molar-refractivity contribution in [3.8, 4) is 0 Å². The van der Waals surface area contributed by atoms with E-state index in [0.717, 1.165) is 6.08 Å². The smallest absolute Gasteiger partial charge is 0.266 e. The van der Waals surface area contributed by atoms with Crippen LogP contribution in [0.2, 0.25) is 0 Å². The van der Waals surface area contributed by atoms with E-state index in [2.05, 4.69) is 0 Å². The highest BCUT2D eigenvalue weighted by Gasteiger charge is 2.39. The predicted molar refractivity (Wildman–Crippen MR) is 52.3 cm³/mol. The van der Waals surface area contributed by atoms with Crippen molar-refractivity contribution >= 4 is 0 Å². The molecule has 0 aromatic carbocycles. The molecule has 0 aromatic heterocycles. The van der Waals surface area contributed by atoms with Crippen molar-refractivity contribution in [1.82, 2.24) is 0 Å². The minimum Gasteiger partial charge on any atom is -0.386 e. The normalized spacial score (nSPS) is 31.9. The molecule has 82 valence electrons. The van der Waals surface area contributed by atoms with E-state index in [9.17, 15) is 13.9 Å². The number of aliphatic hydroxyl groups is 1. The third-order valence-electron chi connectivity index (χ3n) is 2.37. The molecule has 1 N–H and O–H groups in total. The van der Waals surface area contributed by atoms with Gasteiger partial charge >= 0.3 is 0 Å². The van der Waals surface area contributed by atoms with Crippen LogP contribution in [0.1, 0.15) is 40.0 Å². The van der Waals surface area contributed by atoms with Gasteiger partial charge in [0.2, 0.25) is 0 Å². The average Bonchev–Trinajstić information content (AvgIpc) is 1.93. The van der Waals surface area contributed by atoms with Crippen LogP contribution >= 0.6 is 0 Å². The molecule has 0 radical (unpaired) electrons. The van der Waals surface area contributed by atoms with Crippen molar-refractivity contribution in [3.05, 3.63) is 12.2 Å². The lowest BCUT2D eigenvalue weighted by molar-refractivity contribution is -0.0272. The molecule has 1 aliphatic rings. The lowest BCUT2D eigenvalue weighted by Gasteiger charge is -2.35. The second-order valence-electron chi connectivity index (χ2n) is 5.44. The zero-order valence-corrected chi connectivity index (χ0v) is 8.98. The summed E-state index contributed by atoms with van der Waals surface area (Å²) in [4.78, 5) is 0. The molecule has 0 heterocycles. The first-order chi connectivity index (χ1) is 6.12. The summed E-state index contributed by atoms with van der Waals surface area (Å²) in [5.74, 6) is -2.73. The molecule has 3 heteroatoms. The Balaban J connectivity index is 2.71. The third kappa shape index (κ3) is 3.37. The fourth-order valence-corrected chi connectivity index (χ4v) is 1.89. The Labute approximate surface area is 83.8 Å². The van der Waals surface area contributed by atoms with E-state index in [0.29, 0.717) is 6.42 Å². The number of halogens is 2. The van der Waals surface area contributed by atoms with Gasteiger partial charge in [-0.1, -0.05) is 26.8 Å². The zero-order chi connectivity index (χ0) is 11.0. The summed E-state index contributed by atoms with van der Waals surface area (Å²) in [6.45, 7) is 5.97. The summed E-state index contributed by atoms with van der Waals surface area (Å²) >= 11 is 0. The van der Waals surface area contributed by atoms with Crippen LogP contribution in [0.25, 0.3) is 0 Å². The molecule has 1 rings (SSSR count). The molecule has 0 fully saturated rings. The monoisotopic (exact) mass is 204 g/mol. The van der Waals surface area contributed by atoms with Crippen LogP contribution in [0, 0.1) is 5.41 Å². The van der Waals surface area contributed by atoms with Crippen LogP contribution in [0.5, 0.6) is 0 Å². The highest BCUT2D eigenvalue weighted by atomic mass is 19.3. The largest absolute Gasteiger partial charge is 0.386 e. The molecule has 1 unspecified atom stereocenters. The highest BCUT2D eigenvalue weighted by molar-refractivity contribution is 5.12. The number of hydrogen-bond donors (Lipinski definition) is 1. The van der Waals surface area contributed by atoms with Gasteiger partial charge in [0.25, 0.3) is 5.92 Å². The SMILES string of the molecule is CC(C)(C)CC1(O)C=CC(F)(F)CC1. The van der Waals surface area contributed by atoms with Gasteiger partial charge in [0.15, 0.2) is 0 Å². The third-order valence-corrected chi connectivity index (χ3v) is 2.37. The first kappa shape index (κ1) is 11.6. The molecule has 0 saturated carbocycles. The Morgan fingerprint density at radius 3 is 2.14 bits per heavy atom. The van der Waals surface area contributed by atoms with Crippen molar-refractivity contribution in [2.75, 3.05) is 0 Å². The Morgan fingerprint density at radius 1 is 1.21 bits per heavy atom. The van der Waals surface area contributed by atoms with E-state index in [4.69, 9.17) is 0 Å². The van der Waals surface area contributed by atoms with E-state index in [-0.39, 0.29) is 18.3 Å². The standard InChI is InChI=1S/C11H18F2O/c1-9(2,3)8-10(14)4-6-11(12,13)7-5-10/h4,6,14H,5,7-8H2,1-3H3. The van der Waals surface area contributed by atoms with Crippen LogP contribution in [0.15, 0.2) is 12.2 Å². The summed E-state index contributed by atoms with van der Waals surface area (Å²) in [6, 6.07) is 0. The molecular weight excluding hydrogens is 186 g/mol. The van der Waals surface area contributed by atoms with Gasteiger partial charge in [-0.25, -0.2) is 8.78 Å². The molecule has 0 aliphatic heterocycles. The van der Waals surface area contributed by atoms with Crippen LogP contribution in [0.4, 0.5) is 8.78 Å². The molecular formula is C11H18F2O. The van der Waals surface area contributed by atoms with E-state index in [1.165, 1.54) is 6.08 Å². The minimum absolute atomic E-state index is 0.0499. The molecule has 14 heavy (non-hydrogen) atoms. The van der Waals surface area contributed by atoms with Crippen molar-refractivity contribution in [3.63, 3.8) is 0 Å². The maximum atomic E-state index is 12.8. The van der Waals surface area contributed by atoms with E-state index < -0.39 is 11.5 Å². The maximum Gasteiger partial charge on any atom is 0.266 e. The van der Waals surface area contributed by atoms with Gasteiger partial charge < -0.3 is 5.11 Å². The first-order valence-corrected chi connectivity index (χ1v) is 4.93. The van der Waals surface area contributed by atoms with Crippen molar-refractivity contribution in [1.29, 1.82) is 0 Å². The number of allylic oxidation sites excluding steroid dienone is 1. The average molecular weight is 204 g/mol. The zero-order valence-electron chi connectivity index (χ0n) is 8.98. The molecule has 1 aliphatic carbocycles. The van der Waals surface area contributed by atoms with Gasteiger partial charge in [-0.2, -0.15) is 0 Å². The Morgan fingerprint density at radius 2 is 1.79 bits per heavy atom. The highest BCUT2D eigenvalue weighted by Crippen LogP contribution is 2.38. The van der Waals surface area contributed by atoms with Gasteiger partial charge in [-0.05, 0) is 24.3 Å². The fraction of sp³-hybridized carbons (Fsp3) is 0.818. The van der Waals surface area contributed by atoms with E-state index in [1.807, 2.05) is 20.8 Å². The summed E-state index contributed by atoms with van der Waals surface area (Å²) in [5.41, 5.74) is -1.09.